The van der Waals surface area contributed by atoms with Crippen LogP contribution in [0.25, 0.3) is 0 Å². The van der Waals surface area contributed by atoms with Gasteiger partial charge in [-0.15, -0.1) is 0 Å². The van der Waals surface area contributed by atoms with Crippen LogP contribution in [0.5, 0.6) is 0 Å². The molecule has 1 unspecified atom stereocenters. The summed E-state index contributed by atoms with van der Waals surface area (Å²) in [6, 6.07) is 4.31. The van der Waals surface area contributed by atoms with Crippen molar-refractivity contribution >= 4 is 23.6 Å². The third-order valence-electron chi connectivity index (χ3n) is 6.42. The second-order valence-corrected chi connectivity index (χ2v) is 8.37. The number of hydrogen-bond donors (Lipinski definition) is 3. The van der Waals surface area contributed by atoms with E-state index in [1.54, 1.807) is 12.1 Å². The van der Waals surface area contributed by atoms with Crippen molar-refractivity contribution in [3.8, 4) is 0 Å². The van der Waals surface area contributed by atoms with E-state index in [0.717, 1.165) is 29.5 Å². The molecule has 4 fully saturated rings. The molecule has 4 heterocycles. The van der Waals surface area contributed by atoms with E-state index in [-0.39, 0.29) is 24.3 Å². The number of amides is 4. The van der Waals surface area contributed by atoms with Gasteiger partial charge in [0.05, 0.1) is 11.1 Å². The summed E-state index contributed by atoms with van der Waals surface area (Å²) in [7, 11) is 0. The van der Waals surface area contributed by atoms with Crippen molar-refractivity contribution < 1.29 is 19.2 Å². The number of fused-ring (bicyclic) bond motifs is 2. The molecule has 3 N–H and O–H groups in total. The topological polar surface area (TPSA) is 108 Å². The highest BCUT2D eigenvalue weighted by atomic mass is 16.2. The summed E-state index contributed by atoms with van der Waals surface area (Å²) in [5.41, 5.74) is 1.80. The zero-order valence-electron chi connectivity index (χ0n) is 15.4. The Kier molecular flexibility index (Phi) is 3.89. The minimum Gasteiger partial charge on any atom is -0.311 e. The Bertz CT molecular complexity index is 900. The molecule has 1 atom stereocenters. The first-order valence-electron chi connectivity index (χ1n) is 9.76. The van der Waals surface area contributed by atoms with Gasteiger partial charge in [0.15, 0.2) is 0 Å². The van der Waals surface area contributed by atoms with Crippen LogP contribution in [0, 0.1) is 5.92 Å². The van der Waals surface area contributed by atoms with E-state index in [2.05, 4.69) is 16.0 Å². The Morgan fingerprint density at radius 1 is 1.11 bits per heavy atom. The minimum atomic E-state index is -0.925. The number of nitrogens with one attached hydrogen (secondary N) is 3. The molecule has 6 rings (SSSR count). The summed E-state index contributed by atoms with van der Waals surface area (Å²) in [4.78, 5) is 50.0. The van der Waals surface area contributed by atoms with E-state index in [1.807, 2.05) is 6.07 Å². The van der Waals surface area contributed by atoms with Gasteiger partial charge in [0.25, 0.3) is 11.8 Å². The Morgan fingerprint density at radius 3 is 2.61 bits per heavy atom. The number of nitrogens with zero attached hydrogens (tertiary/aromatic N) is 1. The molecule has 1 aliphatic carbocycles. The molecule has 8 nitrogen and oxygen atoms in total. The Balaban J connectivity index is 1.29. The molecule has 0 aromatic heterocycles. The Labute approximate surface area is 162 Å². The highest BCUT2D eigenvalue weighted by Crippen LogP contribution is 2.43. The normalized spacial score (nSPS) is 31.1. The number of piperidine rings is 1. The molecule has 28 heavy (non-hydrogen) atoms. The van der Waals surface area contributed by atoms with Crippen LogP contribution < -0.4 is 16.0 Å². The molecule has 0 spiro atoms. The molecular weight excluding hydrogens is 360 g/mol. The molecule has 4 amide bonds. The first kappa shape index (κ1) is 17.5. The lowest BCUT2D eigenvalue weighted by atomic mass is 9.73. The average molecular weight is 382 g/mol. The zero-order chi connectivity index (χ0) is 19.5. The lowest BCUT2D eigenvalue weighted by Gasteiger charge is -2.37. The fraction of sp³-hybridized carbons (Fsp3) is 0.500. The van der Waals surface area contributed by atoms with Gasteiger partial charge < -0.3 is 10.6 Å². The first-order chi connectivity index (χ1) is 13.5. The second-order valence-electron chi connectivity index (χ2n) is 8.37. The van der Waals surface area contributed by atoms with Crippen molar-refractivity contribution in [2.75, 3.05) is 13.1 Å². The molecule has 3 saturated heterocycles. The van der Waals surface area contributed by atoms with Crippen molar-refractivity contribution in [2.24, 2.45) is 5.92 Å². The average Bonchev–Trinajstić information content (AvgIpc) is 3.30. The van der Waals surface area contributed by atoms with Crippen LogP contribution in [-0.2, 0) is 16.1 Å². The Hall–Kier alpha value is -2.58. The number of imide groups is 2. The lowest BCUT2D eigenvalue weighted by Crippen LogP contribution is -2.54. The molecule has 2 bridgehead atoms. The van der Waals surface area contributed by atoms with E-state index in [0.29, 0.717) is 17.7 Å². The zero-order valence-corrected chi connectivity index (χ0v) is 15.4. The summed E-state index contributed by atoms with van der Waals surface area (Å²) >= 11 is 0. The third-order valence-corrected chi connectivity index (χ3v) is 6.42. The SMILES string of the molecule is O=C1CCC(N2C(=O)c3ccc(CNCC45CC(CN4)C5)cc3C2=O)C(=O)N1. The molecule has 1 aromatic carbocycles. The smallest absolute Gasteiger partial charge is 0.262 e. The maximum Gasteiger partial charge on any atom is 0.262 e. The molecule has 1 saturated carbocycles. The van der Waals surface area contributed by atoms with Crippen LogP contribution in [0.15, 0.2) is 18.2 Å². The second kappa shape index (κ2) is 6.22. The summed E-state index contributed by atoms with van der Waals surface area (Å²) < 4.78 is 0. The van der Waals surface area contributed by atoms with Gasteiger partial charge in [0, 0.05) is 25.0 Å². The van der Waals surface area contributed by atoms with Gasteiger partial charge in [-0.2, -0.15) is 0 Å². The van der Waals surface area contributed by atoms with Crippen molar-refractivity contribution in [2.45, 2.75) is 43.8 Å². The predicted octanol–water partition coefficient (Wildman–Crippen LogP) is -0.0706. The van der Waals surface area contributed by atoms with Crippen molar-refractivity contribution in [3.05, 3.63) is 34.9 Å². The number of benzene rings is 1. The van der Waals surface area contributed by atoms with E-state index in [4.69, 9.17) is 0 Å². The van der Waals surface area contributed by atoms with Crippen LogP contribution in [0.1, 0.15) is 52.0 Å². The summed E-state index contributed by atoms with van der Waals surface area (Å²) in [6.45, 7) is 2.60. The Morgan fingerprint density at radius 2 is 1.89 bits per heavy atom. The van der Waals surface area contributed by atoms with Crippen LogP contribution in [-0.4, -0.2) is 53.2 Å². The third kappa shape index (κ3) is 2.67. The van der Waals surface area contributed by atoms with Gasteiger partial charge in [0.2, 0.25) is 11.8 Å². The number of carbonyl (C=O) groups excluding carboxylic acids is 4. The van der Waals surface area contributed by atoms with Gasteiger partial charge in [-0.05, 0) is 49.4 Å². The van der Waals surface area contributed by atoms with E-state index in [9.17, 15) is 19.2 Å². The highest BCUT2D eigenvalue weighted by Gasteiger charge is 2.49. The monoisotopic (exact) mass is 382 g/mol. The summed E-state index contributed by atoms with van der Waals surface area (Å²) in [6.07, 6.45) is 2.73. The van der Waals surface area contributed by atoms with Gasteiger partial charge in [-0.1, -0.05) is 6.07 Å². The van der Waals surface area contributed by atoms with E-state index < -0.39 is 23.8 Å². The molecule has 146 valence electrons. The molecule has 0 radical (unpaired) electrons. The number of carbonyl (C=O) groups is 4. The quantitative estimate of drug-likeness (QED) is 0.616. The highest BCUT2D eigenvalue weighted by molar-refractivity contribution is 6.23. The fourth-order valence-electron chi connectivity index (χ4n) is 4.98. The van der Waals surface area contributed by atoms with Gasteiger partial charge in [-0.25, -0.2) is 0 Å². The summed E-state index contributed by atoms with van der Waals surface area (Å²) in [5, 5.41) is 9.23. The first-order valence-corrected chi connectivity index (χ1v) is 9.76. The predicted molar refractivity (Wildman–Crippen MR) is 98.3 cm³/mol. The van der Waals surface area contributed by atoms with Crippen molar-refractivity contribution in [3.63, 3.8) is 0 Å². The lowest BCUT2D eigenvalue weighted by molar-refractivity contribution is -0.136. The van der Waals surface area contributed by atoms with Crippen LogP contribution >= 0.6 is 0 Å². The molecule has 8 heteroatoms. The molecule has 5 aliphatic rings. The van der Waals surface area contributed by atoms with E-state index in [1.165, 1.54) is 12.8 Å². The molecule has 4 aliphatic heterocycles. The van der Waals surface area contributed by atoms with Crippen LogP contribution in [0.3, 0.4) is 0 Å². The van der Waals surface area contributed by atoms with Gasteiger partial charge in [-0.3, -0.25) is 29.4 Å². The van der Waals surface area contributed by atoms with Crippen LogP contribution in [0.2, 0.25) is 0 Å². The maximum atomic E-state index is 12.8. The van der Waals surface area contributed by atoms with Crippen molar-refractivity contribution in [1.29, 1.82) is 0 Å². The number of rotatable bonds is 5. The standard InChI is InChI=1S/C20H22N4O4/c25-16-4-3-15(17(26)23-16)24-18(27)13-2-1-11(5-14(13)19(24)28)8-21-10-20-6-12(7-20)9-22-20/h1-2,5,12,15,21-22H,3-4,6-10H2,(H,23,25,26). The number of hydrogen-bond acceptors (Lipinski definition) is 6. The van der Waals surface area contributed by atoms with Crippen LogP contribution in [0.4, 0.5) is 0 Å². The van der Waals surface area contributed by atoms with Gasteiger partial charge >= 0.3 is 0 Å². The molecule has 1 aromatic rings. The maximum absolute atomic E-state index is 12.8. The summed E-state index contributed by atoms with van der Waals surface area (Å²) in [5.74, 6) is -1.07. The fourth-order valence-corrected chi connectivity index (χ4v) is 4.98. The van der Waals surface area contributed by atoms with Gasteiger partial charge in [0.1, 0.15) is 6.04 Å². The minimum absolute atomic E-state index is 0.121. The molecular formula is C20H22N4O4. The largest absolute Gasteiger partial charge is 0.311 e. The van der Waals surface area contributed by atoms with E-state index >= 15 is 0 Å². The van der Waals surface area contributed by atoms with Crippen molar-refractivity contribution in [1.82, 2.24) is 20.9 Å².